The second kappa shape index (κ2) is 9.13. The molecule has 0 saturated carbocycles. The summed E-state index contributed by atoms with van der Waals surface area (Å²) in [4.78, 5) is 11.9. The minimum absolute atomic E-state index is 0.0376. The fourth-order valence-corrected chi connectivity index (χ4v) is 1.52. The van der Waals surface area contributed by atoms with E-state index in [2.05, 4.69) is 10.6 Å². The lowest BCUT2D eigenvalue weighted by Gasteiger charge is -2.07. The third-order valence-corrected chi connectivity index (χ3v) is 2.56. The van der Waals surface area contributed by atoms with Gasteiger partial charge in [0.1, 0.15) is 17.7 Å². The van der Waals surface area contributed by atoms with E-state index in [4.69, 9.17) is 15.3 Å². The molecule has 0 heterocycles. The topological polar surface area (TPSA) is 97.9 Å². The van der Waals surface area contributed by atoms with Crippen LogP contribution in [0.25, 0.3) is 0 Å². The first-order valence-corrected chi connectivity index (χ1v) is 6.35. The van der Waals surface area contributed by atoms with Crippen molar-refractivity contribution in [3.63, 3.8) is 0 Å². The van der Waals surface area contributed by atoms with E-state index in [0.717, 1.165) is 6.42 Å². The maximum atomic E-state index is 11.9. The Morgan fingerprint density at radius 2 is 2.14 bits per heavy atom. The Bertz CT molecular complexity index is 580. The number of nitrogens with one attached hydrogen (secondary N) is 2. The number of hydrogen-bond donors (Lipinski definition) is 2. The summed E-state index contributed by atoms with van der Waals surface area (Å²) in [6, 6.07) is 10.3. The number of rotatable bonds is 7. The molecule has 21 heavy (non-hydrogen) atoms. The van der Waals surface area contributed by atoms with Gasteiger partial charge in [-0.3, -0.25) is 4.79 Å². The monoisotopic (exact) mass is 284 g/mol. The number of allylic oxidation sites excluding steroid dienone is 1. The van der Waals surface area contributed by atoms with Gasteiger partial charge in [-0.15, -0.1) is 0 Å². The largest absolute Gasteiger partial charge is 0.385 e. The van der Waals surface area contributed by atoms with E-state index < -0.39 is 0 Å². The number of carbonyl (C=O) groups excluding carboxylic acids is 1. The normalized spacial score (nSPS) is 9.10. The molecule has 0 aliphatic heterocycles. The smallest absolute Gasteiger partial charge is 0.251 e. The Hall–Kier alpha value is -2.83. The molecule has 0 aliphatic carbocycles. The van der Waals surface area contributed by atoms with Crippen LogP contribution in [0.3, 0.4) is 0 Å². The molecule has 0 atom stereocenters. The van der Waals surface area contributed by atoms with Crippen LogP contribution in [0.2, 0.25) is 0 Å². The number of carbonyl (C=O) groups is 1. The van der Waals surface area contributed by atoms with Gasteiger partial charge in [0.25, 0.3) is 5.91 Å². The highest BCUT2D eigenvalue weighted by atomic mass is 16.5. The standard InChI is InChI=1S/C15H16N4O2/c1-21-7-3-6-18-15(20)13-4-2-5-14(8-13)19-11-12(9-16)10-17/h2,4-5,8,11,19H,3,6-7H2,1H3,(H,18,20). The Morgan fingerprint density at radius 3 is 2.81 bits per heavy atom. The van der Waals surface area contributed by atoms with Crippen molar-refractivity contribution in [1.29, 1.82) is 10.5 Å². The quantitative estimate of drug-likeness (QED) is 0.587. The average Bonchev–Trinajstić information content (AvgIpc) is 2.52. The van der Waals surface area contributed by atoms with Gasteiger partial charge in [-0.2, -0.15) is 10.5 Å². The molecule has 2 N–H and O–H groups in total. The molecule has 0 unspecified atom stereocenters. The predicted molar refractivity (Wildman–Crippen MR) is 78.2 cm³/mol. The number of nitrogens with zero attached hydrogens (tertiary/aromatic N) is 2. The van der Waals surface area contributed by atoms with Gasteiger partial charge >= 0.3 is 0 Å². The first-order chi connectivity index (χ1) is 10.2. The minimum atomic E-state index is -0.181. The number of ether oxygens (including phenoxy) is 1. The number of methoxy groups -OCH3 is 1. The summed E-state index contributed by atoms with van der Waals surface area (Å²) in [6.45, 7) is 1.13. The van der Waals surface area contributed by atoms with Crippen LogP contribution in [0.15, 0.2) is 36.0 Å². The van der Waals surface area contributed by atoms with Gasteiger partial charge in [-0.05, 0) is 24.6 Å². The molecule has 0 aromatic heterocycles. The lowest BCUT2D eigenvalue weighted by atomic mass is 10.2. The summed E-state index contributed by atoms with van der Waals surface area (Å²) in [7, 11) is 1.61. The molecule has 6 nitrogen and oxygen atoms in total. The number of amides is 1. The fourth-order valence-electron chi connectivity index (χ4n) is 1.52. The molecule has 0 spiro atoms. The second-order valence-electron chi connectivity index (χ2n) is 4.11. The molecule has 1 aromatic rings. The maximum absolute atomic E-state index is 11.9. The predicted octanol–water partition coefficient (Wildman–Crippen LogP) is 1.80. The second-order valence-corrected chi connectivity index (χ2v) is 4.11. The van der Waals surface area contributed by atoms with Crippen molar-refractivity contribution in [3.8, 4) is 12.1 Å². The summed E-state index contributed by atoms with van der Waals surface area (Å²) < 4.78 is 4.90. The molecule has 0 fully saturated rings. The van der Waals surface area contributed by atoms with Crippen molar-refractivity contribution >= 4 is 11.6 Å². The molecule has 1 rings (SSSR count). The van der Waals surface area contributed by atoms with Crippen LogP contribution < -0.4 is 10.6 Å². The number of nitriles is 2. The summed E-state index contributed by atoms with van der Waals surface area (Å²) in [5.74, 6) is -0.181. The minimum Gasteiger partial charge on any atom is -0.385 e. The maximum Gasteiger partial charge on any atom is 0.251 e. The molecule has 1 aromatic carbocycles. The first-order valence-electron chi connectivity index (χ1n) is 6.35. The van der Waals surface area contributed by atoms with Crippen LogP contribution >= 0.6 is 0 Å². The number of benzene rings is 1. The number of anilines is 1. The molecule has 0 aliphatic rings. The highest BCUT2D eigenvalue weighted by molar-refractivity contribution is 5.95. The van der Waals surface area contributed by atoms with Gasteiger partial charge in [-0.25, -0.2) is 0 Å². The summed E-state index contributed by atoms with van der Waals surface area (Å²) >= 11 is 0. The van der Waals surface area contributed by atoms with E-state index in [1.807, 2.05) is 0 Å². The Kier molecular flexibility index (Phi) is 7.06. The Balaban J connectivity index is 2.64. The van der Waals surface area contributed by atoms with Gasteiger partial charge in [0, 0.05) is 37.7 Å². The van der Waals surface area contributed by atoms with E-state index in [0.29, 0.717) is 24.4 Å². The van der Waals surface area contributed by atoms with Gasteiger partial charge in [0.2, 0.25) is 0 Å². The summed E-state index contributed by atoms with van der Waals surface area (Å²) in [6.07, 6.45) is 2.05. The zero-order valence-electron chi connectivity index (χ0n) is 11.7. The van der Waals surface area contributed by atoms with E-state index in [1.165, 1.54) is 6.20 Å². The number of hydrogen-bond acceptors (Lipinski definition) is 5. The van der Waals surface area contributed by atoms with E-state index in [1.54, 1.807) is 43.5 Å². The lowest BCUT2D eigenvalue weighted by molar-refractivity contribution is 0.0948. The van der Waals surface area contributed by atoms with Crippen LogP contribution in [-0.4, -0.2) is 26.2 Å². The SMILES string of the molecule is COCCCNC(=O)c1cccc(NC=C(C#N)C#N)c1. The van der Waals surface area contributed by atoms with E-state index in [9.17, 15) is 4.79 Å². The van der Waals surface area contributed by atoms with Gasteiger partial charge in [0.15, 0.2) is 0 Å². The highest BCUT2D eigenvalue weighted by Crippen LogP contribution is 2.11. The van der Waals surface area contributed by atoms with Crippen LogP contribution in [0.1, 0.15) is 16.8 Å². The molecule has 0 radical (unpaired) electrons. The summed E-state index contributed by atoms with van der Waals surface area (Å²) in [5.41, 5.74) is 1.09. The Labute approximate surface area is 123 Å². The van der Waals surface area contributed by atoms with Crippen molar-refractivity contribution < 1.29 is 9.53 Å². The highest BCUT2D eigenvalue weighted by Gasteiger charge is 2.05. The summed E-state index contributed by atoms with van der Waals surface area (Å²) in [5, 5.41) is 22.9. The fraction of sp³-hybridized carbons (Fsp3) is 0.267. The third kappa shape index (κ3) is 5.77. The van der Waals surface area contributed by atoms with Crippen LogP contribution in [0.5, 0.6) is 0 Å². The first kappa shape index (κ1) is 16.2. The van der Waals surface area contributed by atoms with Crippen LogP contribution in [0.4, 0.5) is 5.69 Å². The van der Waals surface area contributed by atoms with Crippen LogP contribution in [-0.2, 0) is 4.74 Å². The van der Waals surface area contributed by atoms with Crippen molar-refractivity contribution in [1.82, 2.24) is 5.32 Å². The molecule has 1 amide bonds. The molecule has 108 valence electrons. The Morgan fingerprint density at radius 1 is 1.38 bits per heavy atom. The van der Waals surface area contributed by atoms with Crippen molar-refractivity contribution in [2.45, 2.75) is 6.42 Å². The van der Waals surface area contributed by atoms with Crippen LogP contribution in [0, 0.1) is 22.7 Å². The average molecular weight is 284 g/mol. The van der Waals surface area contributed by atoms with Gasteiger partial charge in [-0.1, -0.05) is 6.07 Å². The van der Waals surface area contributed by atoms with E-state index >= 15 is 0 Å². The molecule has 0 saturated heterocycles. The molecular weight excluding hydrogens is 268 g/mol. The molecular formula is C15H16N4O2. The zero-order chi connectivity index (χ0) is 15.5. The molecule has 6 heteroatoms. The molecule has 0 bridgehead atoms. The van der Waals surface area contributed by atoms with Crippen molar-refractivity contribution in [3.05, 3.63) is 41.6 Å². The van der Waals surface area contributed by atoms with Crippen molar-refractivity contribution in [2.75, 3.05) is 25.6 Å². The van der Waals surface area contributed by atoms with Crippen molar-refractivity contribution in [2.24, 2.45) is 0 Å². The van der Waals surface area contributed by atoms with E-state index in [-0.39, 0.29) is 11.5 Å². The van der Waals surface area contributed by atoms with Gasteiger partial charge in [0.05, 0.1) is 0 Å². The third-order valence-electron chi connectivity index (χ3n) is 2.56. The van der Waals surface area contributed by atoms with Gasteiger partial charge < -0.3 is 15.4 Å². The lowest BCUT2D eigenvalue weighted by Crippen LogP contribution is -2.25. The zero-order valence-corrected chi connectivity index (χ0v) is 11.7.